The minimum Gasteiger partial charge on any atom is -0.358 e. The van der Waals surface area contributed by atoms with Crippen LogP contribution in [0.2, 0.25) is 0 Å². The third-order valence-electron chi connectivity index (χ3n) is 5.04. The summed E-state index contributed by atoms with van der Waals surface area (Å²) >= 11 is 0. The van der Waals surface area contributed by atoms with E-state index in [4.69, 9.17) is 0 Å². The van der Waals surface area contributed by atoms with Crippen LogP contribution in [0.25, 0.3) is 0 Å². The molecule has 0 unspecified atom stereocenters. The second-order valence-electron chi connectivity index (χ2n) is 6.68. The molecule has 0 aromatic heterocycles. The molecule has 3 aliphatic rings. The number of aryl methyl sites for hydroxylation is 1. The van der Waals surface area contributed by atoms with Crippen LogP contribution >= 0.6 is 0 Å². The first-order valence-corrected chi connectivity index (χ1v) is 8.65. The topological polar surface area (TPSA) is 28.0 Å². The molecule has 3 heteroatoms. The number of likely N-dealkylation sites (tertiary alicyclic amines) is 1. The highest BCUT2D eigenvalue weighted by molar-refractivity contribution is 6.08. The van der Waals surface area contributed by atoms with Gasteiger partial charge in [-0.2, -0.15) is 5.10 Å². The molecule has 1 aromatic carbocycles. The zero-order chi connectivity index (χ0) is 15.6. The van der Waals surface area contributed by atoms with Gasteiger partial charge in [0, 0.05) is 24.9 Å². The van der Waals surface area contributed by atoms with E-state index in [1.807, 2.05) is 0 Å². The number of benzene rings is 1. The Morgan fingerprint density at radius 3 is 2.30 bits per heavy atom. The Morgan fingerprint density at radius 2 is 1.57 bits per heavy atom. The number of nitrogens with zero attached hydrogens (tertiary/aromatic N) is 3. The van der Waals surface area contributed by atoms with Crippen molar-refractivity contribution in [3.8, 4) is 0 Å². The number of amidine groups is 1. The number of fused-ring (bicyclic) bond motifs is 1. The van der Waals surface area contributed by atoms with Gasteiger partial charge in [0.2, 0.25) is 0 Å². The molecule has 0 bridgehead atoms. The second kappa shape index (κ2) is 6.15. The van der Waals surface area contributed by atoms with Gasteiger partial charge >= 0.3 is 0 Å². The summed E-state index contributed by atoms with van der Waals surface area (Å²) in [5.74, 6) is 1.79. The van der Waals surface area contributed by atoms with E-state index in [2.05, 4.69) is 70.6 Å². The summed E-state index contributed by atoms with van der Waals surface area (Å²) in [6.07, 6.45) is 12.7. The van der Waals surface area contributed by atoms with Gasteiger partial charge in [-0.1, -0.05) is 54.1 Å². The quantitative estimate of drug-likeness (QED) is 0.772. The normalized spacial score (nSPS) is 26.6. The number of allylic oxidation sites excluding steroid dienone is 3. The van der Waals surface area contributed by atoms with Crippen molar-refractivity contribution < 1.29 is 0 Å². The molecule has 2 heterocycles. The second-order valence-corrected chi connectivity index (χ2v) is 6.68. The molecule has 1 aliphatic carbocycles. The lowest BCUT2D eigenvalue weighted by Gasteiger charge is -2.37. The van der Waals surface area contributed by atoms with Gasteiger partial charge in [0.05, 0.1) is 5.71 Å². The molecule has 0 spiro atoms. The van der Waals surface area contributed by atoms with Gasteiger partial charge < -0.3 is 4.90 Å². The van der Waals surface area contributed by atoms with Crippen LogP contribution < -0.4 is 0 Å². The number of rotatable bonds is 1. The van der Waals surface area contributed by atoms with Gasteiger partial charge in [-0.05, 0) is 31.7 Å². The van der Waals surface area contributed by atoms with E-state index in [9.17, 15) is 0 Å². The molecule has 2 atom stereocenters. The standard InChI is InChI=1S/C20H23N3/c1-15-9-11-16(12-10-15)19-17-7-3-4-8-18(17)20(22-21-19)23-13-5-2-6-14-23/h3-4,7-12,17-18H,2,5-6,13-14H2,1H3/t17-,18-/m1/s1. The molecule has 0 saturated carbocycles. The predicted molar refractivity (Wildman–Crippen MR) is 95.8 cm³/mol. The SMILES string of the molecule is Cc1ccc(C2=NN=C(N3CCCCC3)[C@@H]3C=CC=C[C@@H]23)cc1. The van der Waals surface area contributed by atoms with Crippen LogP contribution in [0, 0.1) is 18.8 Å². The third kappa shape index (κ3) is 2.76. The molecule has 23 heavy (non-hydrogen) atoms. The lowest BCUT2D eigenvalue weighted by Crippen LogP contribution is -2.44. The highest BCUT2D eigenvalue weighted by atomic mass is 15.3. The zero-order valence-electron chi connectivity index (χ0n) is 13.7. The minimum atomic E-state index is 0.303. The molecule has 3 nitrogen and oxygen atoms in total. The van der Waals surface area contributed by atoms with E-state index in [1.165, 1.54) is 30.4 Å². The van der Waals surface area contributed by atoms with Crippen molar-refractivity contribution in [1.29, 1.82) is 0 Å². The fraction of sp³-hybridized carbons (Fsp3) is 0.400. The number of hydrogen-bond donors (Lipinski definition) is 0. The monoisotopic (exact) mass is 305 g/mol. The summed E-state index contributed by atoms with van der Waals surface area (Å²) in [4.78, 5) is 2.44. The predicted octanol–water partition coefficient (Wildman–Crippen LogP) is 3.96. The Labute approximate surface area is 138 Å². The molecular formula is C20H23N3. The summed E-state index contributed by atoms with van der Waals surface area (Å²) in [5, 5.41) is 9.31. The number of hydrogen-bond acceptors (Lipinski definition) is 3. The van der Waals surface area contributed by atoms with Crippen LogP contribution in [0.1, 0.15) is 30.4 Å². The van der Waals surface area contributed by atoms with Crippen molar-refractivity contribution in [2.45, 2.75) is 26.2 Å². The molecule has 1 aromatic rings. The molecule has 1 saturated heterocycles. The van der Waals surface area contributed by atoms with E-state index in [0.717, 1.165) is 24.6 Å². The van der Waals surface area contributed by atoms with Gasteiger partial charge in [-0.15, -0.1) is 5.10 Å². The van der Waals surface area contributed by atoms with Crippen LogP contribution in [0.3, 0.4) is 0 Å². The Hall–Kier alpha value is -2.16. The first-order chi connectivity index (χ1) is 11.3. The molecule has 118 valence electrons. The largest absolute Gasteiger partial charge is 0.358 e. The molecule has 4 rings (SSSR count). The Kier molecular flexibility index (Phi) is 3.86. The van der Waals surface area contributed by atoms with E-state index >= 15 is 0 Å². The van der Waals surface area contributed by atoms with Crippen LogP contribution in [0.15, 0.2) is 58.8 Å². The maximum absolute atomic E-state index is 4.66. The van der Waals surface area contributed by atoms with E-state index in [0.29, 0.717) is 11.8 Å². The van der Waals surface area contributed by atoms with Crippen LogP contribution in [-0.4, -0.2) is 29.5 Å². The van der Waals surface area contributed by atoms with Gasteiger partial charge in [0.15, 0.2) is 0 Å². The van der Waals surface area contributed by atoms with Crippen LogP contribution in [0.4, 0.5) is 0 Å². The molecule has 0 N–H and O–H groups in total. The summed E-state index contributed by atoms with van der Waals surface area (Å²) < 4.78 is 0. The van der Waals surface area contributed by atoms with Crippen LogP contribution in [0.5, 0.6) is 0 Å². The van der Waals surface area contributed by atoms with Crippen molar-refractivity contribution in [3.05, 3.63) is 59.7 Å². The average molecular weight is 305 g/mol. The maximum atomic E-state index is 4.66. The molecule has 1 fully saturated rings. The summed E-state index contributed by atoms with van der Waals surface area (Å²) in [7, 11) is 0. The van der Waals surface area contributed by atoms with Crippen molar-refractivity contribution in [3.63, 3.8) is 0 Å². The van der Waals surface area contributed by atoms with Gasteiger partial charge in [0.1, 0.15) is 5.84 Å². The van der Waals surface area contributed by atoms with Gasteiger partial charge in [0.25, 0.3) is 0 Å². The molecular weight excluding hydrogens is 282 g/mol. The van der Waals surface area contributed by atoms with Crippen molar-refractivity contribution in [1.82, 2.24) is 4.90 Å². The molecule has 0 amide bonds. The van der Waals surface area contributed by atoms with Crippen molar-refractivity contribution in [2.75, 3.05) is 13.1 Å². The first kappa shape index (κ1) is 14.4. The van der Waals surface area contributed by atoms with Gasteiger partial charge in [-0.3, -0.25) is 0 Å². The lowest BCUT2D eigenvalue weighted by molar-refractivity contribution is 0.325. The molecule has 0 radical (unpaired) electrons. The zero-order valence-corrected chi connectivity index (χ0v) is 13.7. The smallest absolute Gasteiger partial charge is 0.135 e. The van der Waals surface area contributed by atoms with Gasteiger partial charge in [-0.25, -0.2) is 0 Å². The van der Waals surface area contributed by atoms with Crippen molar-refractivity contribution >= 4 is 11.5 Å². The fourth-order valence-corrected chi connectivity index (χ4v) is 3.73. The third-order valence-corrected chi connectivity index (χ3v) is 5.04. The average Bonchev–Trinajstić information content (AvgIpc) is 2.62. The summed E-state index contributed by atoms with van der Waals surface area (Å²) in [6.45, 7) is 4.36. The number of piperidine rings is 1. The van der Waals surface area contributed by atoms with Crippen molar-refractivity contribution in [2.24, 2.45) is 22.0 Å². The minimum absolute atomic E-state index is 0.303. The fourth-order valence-electron chi connectivity index (χ4n) is 3.73. The van der Waals surface area contributed by atoms with E-state index < -0.39 is 0 Å². The highest BCUT2D eigenvalue weighted by Gasteiger charge is 2.34. The Bertz CT molecular complexity index is 688. The van der Waals surface area contributed by atoms with Crippen LogP contribution in [-0.2, 0) is 0 Å². The van der Waals surface area contributed by atoms with E-state index in [-0.39, 0.29) is 0 Å². The lowest BCUT2D eigenvalue weighted by atomic mass is 9.80. The first-order valence-electron chi connectivity index (χ1n) is 8.65. The highest BCUT2D eigenvalue weighted by Crippen LogP contribution is 2.31. The Morgan fingerprint density at radius 1 is 0.870 bits per heavy atom. The summed E-state index contributed by atoms with van der Waals surface area (Å²) in [5.41, 5.74) is 3.56. The van der Waals surface area contributed by atoms with E-state index in [1.54, 1.807) is 0 Å². The molecule has 2 aliphatic heterocycles. The summed E-state index contributed by atoms with van der Waals surface area (Å²) in [6, 6.07) is 8.63. The maximum Gasteiger partial charge on any atom is 0.135 e. The Balaban J connectivity index is 1.71.